The highest BCUT2D eigenvalue weighted by atomic mass is 32.2. The monoisotopic (exact) mass is 371 g/mol. The lowest BCUT2D eigenvalue weighted by Crippen LogP contribution is -2.24. The summed E-state index contributed by atoms with van der Waals surface area (Å²) < 4.78 is 7.47. The first-order valence-electron chi connectivity index (χ1n) is 8.36. The molecule has 0 spiro atoms. The zero-order valence-corrected chi connectivity index (χ0v) is 15.9. The Balaban J connectivity index is 1.66. The number of anilines is 1. The molecule has 1 atom stereocenters. The average molecular weight is 371 g/mol. The van der Waals surface area contributed by atoms with Gasteiger partial charge >= 0.3 is 0 Å². The van der Waals surface area contributed by atoms with Crippen LogP contribution in [0.2, 0.25) is 0 Å². The summed E-state index contributed by atoms with van der Waals surface area (Å²) in [6.45, 7) is 7.80. The van der Waals surface area contributed by atoms with Gasteiger partial charge in [-0.15, -0.1) is 10.2 Å². The molecule has 7 nitrogen and oxygen atoms in total. The van der Waals surface area contributed by atoms with Crippen molar-refractivity contribution >= 4 is 23.5 Å². The highest BCUT2D eigenvalue weighted by molar-refractivity contribution is 8.00. The minimum Gasteiger partial charge on any atom is -0.411 e. The van der Waals surface area contributed by atoms with E-state index in [0.717, 1.165) is 11.1 Å². The summed E-state index contributed by atoms with van der Waals surface area (Å²) >= 11 is 1.23. The second kappa shape index (κ2) is 7.74. The molecule has 1 N–H and O–H groups in total. The highest BCUT2D eigenvalue weighted by Gasteiger charge is 2.20. The number of rotatable bonds is 6. The molecule has 0 radical (unpaired) electrons. The van der Waals surface area contributed by atoms with Gasteiger partial charge in [-0.1, -0.05) is 30.0 Å². The smallest absolute Gasteiger partial charge is 0.277 e. The molecular formula is C18H21N5O2S. The number of amides is 1. The SMILES string of the molecule is Cc1ccccc1-c1nnc(SC(C)C(=O)Nc2ccnn2C(C)C)o1. The van der Waals surface area contributed by atoms with Gasteiger partial charge < -0.3 is 9.73 Å². The van der Waals surface area contributed by atoms with Gasteiger partial charge in [-0.2, -0.15) is 5.10 Å². The molecule has 3 rings (SSSR count). The van der Waals surface area contributed by atoms with E-state index in [2.05, 4.69) is 20.6 Å². The summed E-state index contributed by atoms with van der Waals surface area (Å²) in [4.78, 5) is 12.5. The molecule has 136 valence electrons. The molecule has 8 heteroatoms. The number of benzene rings is 1. The minimum atomic E-state index is -0.393. The van der Waals surface area contributed by atoms with Crippen LogP contribution in [0.5, 0.6) is 0 Å². The van der Waals surface area contributed by atoms with Crippen LogP contribution in [-0.2, 0) is 4.79 Å². The third-order valence-corrected chi connectivity index (χ3v) is 4.77. The van der Waals surface area contributed by atoms with Gasteiger partial charge in [-0.25, -0.2) is 4.68 Å². The zero-order chi connectivity index (χ0) is 18.7. The van der Waals surface area contributed by atoms with Crippen LogP contribution >= 0.6 is 11.8 Å². The Morgan fingerprint density at radius 2 is 1.96 bits per heavy atom. The number of carbonyl (C=O) groups is 1. The number of aromatic nitrogens is 4. The second-order valence-electron chi connectivity index (χ2n) is 6.19. The van der Waals surface area contributed by atoms with Crippen molar-refractivity contribution in [3.63, 3.8) is 0 Å². The molecule has 1 aromatic carbocycles. The van der Waals surface area contributed by atoms with Crippen molar-refractivity contribution in [2.45, 2.75) is 44.2 Å². The standard InChI is InChI=1S/C18H21N5O2S/c1-11(2)23-15(9-10-19-23)20-16(24)13(4)26-18-22-21-17(25-18)14-8-6-5-7-12(14)3/h5-11,13H,1-4H3,(H,20,24). The summed E-state index contributed by atoms with van der Waals surface area (Å²) in [7, 11) is 0. The van der Waals surface area contributed by atoms with E-state index >= 15 is 0 Å². The number of nitrogens with one attached hydrogen (secondary N) is 1. The van der Waals surface area contributed by atoms with E-state index in [1.807, 2.05) is 45.0 Å². The Morgan fingerprint density at radius 3 is 2.69 bits per heavy atom. The molecule has 1 amide bonds. The number of carbonyl (C=O) groups excluding carboxylic acids is 1. The molecule has 0 aliphatic rings. The Kier molecular flexibility index (Phi) is 5.41. The fourth-order valence-electron chi connectivity index (χ4n) is 2.44. The third kappa shape index (κ3) is 3.96. The Bertz CT molecular complexity index is 902. The second-order valence-corrected chi connectivity index (χ2v) is 7.48. The number of hydrogen-bond acceptors (Lipinski definition) is 6. The van der Waals surface area contributed by atoms with E-state index in [1.165, 1.54) is 11.8 Å². The van der Waals surface area contributed by atoms with E-state index in [-0.39, 0.29) is 11.9 Å². The molecule has 0 saturated heterocycles. The van der Waals surface area contributed by atoms with Gasteiger partial charge in [0.15, 0.2) is 0 Å². The molecule has 0 saturated carbocycles. The van der Waals surface area contributed by atoms with Crippen molar-refractivity contribution in [2.24, 2.45) is 0 Å². The average Bonchev–Trinajstić information content (AvgIpc) is 3.24. The van der Waals surface area contributed by atoms with Crippen molar-refractivity contribution < 1.29 is 9.21 Å². The molecule has 0 bridgehead atoms. The molecule has 26 heavy (non-hydrogen) atoms. The lowest BCUT2D eigenvalue weighted by molar-refractivity contribution is -0.115. The van der Waals surface area contributed by atoms with Crippen LogP contribution < -0.4 is 5.32 Å². The molecule has 1 unspecified atom stereocenters. The van der Waals surface area contributed by atoms with Crippen molar-refractivity contribution in [3.8, 4) is 11.5 Å². The first-order chi connectivity index (χ1) is 12.5. The first-order valence-corrected chi connectivity index (χ1v) is 9.24. The van der Waals surface area contributed by atoms with E-state index < -0.39 is 5.25 Å². The van der Waals surface area contributed by atoms with Gasteiger partial charge in [0.05, 0.1) is 11.4 Å². The van der Waals surface area contributed by atoms with Crippen LogP contribution in [0.3, 0.4) is 0 Å². The predicted molar refractivity (Wildman–Crippen MR) is 101 cm³/mol. The summed E-state index contributed by atoms with van der Waals surface area (Å²) in [6.07, 6.45) is 1.67. The predicted octanol–water partition coefficient (Wildman–Crippen LogP) is 3.94. The van der Waals surface area contributed by atoms with Crippen molar-refractivity contribution in [1.29, 1.82) is 0 Å². The summed E-state index contributed by atoms with van der Waals surface area (Å²) in [5.74, 6) is 0.979. The highest BCUT2D eigenvalue weighted by Crippen LogP contribution is 2.28. The van der Waals surface area contributed by atoms with Gasteiger partial charge in [0, 0.05) is 17.7 Å². The minimum absolute atomic E-state index is 0.145. The first kappa shape index (κ1) is 18.2. The molecule has 0 fully saturated rings. The lowest BCUT2D eigenvalue weighted by Gasteiger charge is -2.13. The third-order valence-electron chi connectivity index (χ3n) is 3.84. The molecular weight excluding hydrogens is 350 g/mol. The Morgan fingerprint density at radius 1 is 1.19 bits per heavy atom. The van der Waals surface area contributed by atoms with Gasteiger partial charge in [0.1, 0.15) is 5.82 Å². The van der Waals surface area contributed by atoms with Crippen molar-refractivity contribution in [1.82, 2.24) is 20.0 Å². The zero-order valence-electron chi connectivity index (χ0n) is 15.1. The number of nitrogens with zero attached hydrogens (tertiary/aromatic N) is 4. The van der Waals surface area contributed by atoms with Crippen LogP contribution in [0.4, 0.5) is 5.82 Å². The normalized spacial score (nSPS) is 12.3. The molecule has 2 aromatic heterocycles. The summed E-state index contributed by atoms with van der Waals surface area (Å²) in [5, 5.41) is 15.2. The number of hydrogen-bond donors (Lipinski definition) is 1. The lowest BCUT2D eigenvalue weighted by atomic mass is 10.1. The van der Waals surface area contributed by atoms with Crippen LogP contribution in [0.15, 0.2) is 46.2 Å². The van der Waals surface area contributed by atoms with Crippen molar-refractivity contribution in [2.75, 3.05) is 5.32 Å². The maximum atomic E-state index is 12.5. The van der Waals surface area contributed by atoms with E-state index in [0.29, 0.717) is 16.9 Å². The Hall–Kier alpha value is -2.61. The van der Waals surface area contributed by atoms with Crippen LogP contribution in [0.25, 0.3) is 11.5 Å². The summed E-state index contributed by atoms with van der Waals surface area (Å²) in [6, 6.07) is 9.74. The van der Waals surface area contributed by atoms with Crippen molar-refractivity contribution in [3.05, 3.63) is 42.1 Å². The van der Waals surface area contributed by atoms with Crippen LogP contribution in [-0.4, -0.2) is 31.1 Å². The quantitative estimate of drug-likeness (QED) is 0.661. The number of thioether (sulfide) groups is 1. The largest absolute Gasteiger partial charge is 0.411 e. The van der Waals surface area contributed by atoms with E-state index in [1.54, 1.807) is 23.9 Å². The maximum absolute atomic E-state index is 12.5. The maximum Gasteiger partial charge on any atom is 0.277 e. The fraction of sp³-hybridized carbons (Fsp3) is 0.333. The Labute approximate surface area is 156 Å². The molecule has 0 aliphatic heterocycles. The fourth-order valence-corrected chi connectivity index (χ4v) is 3.12. The van der Waals surface area contributed by atoms with Crippen LogP contribution in [0.1, 0.15) is 32.4 Å². The van der Waals surface area contributed by atoms with E-state index in [4.69, 9.17) is 4.42 Å². The van der Waals surface area contributed by atoms with Gasteiger partial charge in [0.25, 0.3) is 5.22 Å². The van der Waals surface area contributed by atoms with Gasteiger partial charge in [-0.05, 0) is 39.3 Å². The molecule has 3 aromatic rings. The van der Waals surface area contributed by atoms with Crippen LogP contribution in [0, 0.1) is 6.92 Å². The van der Waals surface area contributed by atoms with E-state index in [9.17, 15) is 4.79 Å². The van der Waals surface area contributed by atoms with Gasteiger partial charge in [-0.3, -0.25) is 4.79 Å². The molecule has 0 aliphatic carbocycles. The number of aryl methyl sites for hydroxylation is 1. The topological polar surface area (TPSA) is 85.8 Å². The molecule has 2 heterocycles. The van der Waals surface area contributed by atoms with Gasteiger partial charge in [0.2, 0.25) is 11.8 Å². The summed E-state index contributed by atoms with van der Waals surface area (Å²) in [5.41, 5.74) is 1.95.